The van der Waals surface area contributed by atoms with Crippen molar-refractivity contribution in [2.24, 2.45) is 0 Å². The number of thioether (sulfide) groups is 1. The third-order valence-corrected chi connectivity index (χ3v) is 4.82. The molecule has 0 bridgehead atoms. The molecule has 0 unspecified atom stereocenters. The topological polar surface area (TPSA) is 38.3 Å². The largest absolute Gasteiger partial charge is 0.481 e. The van der Waals surface area contributed by atoms with Crippen LogP contribution in [0.3, 0.4) is 0 Å². The number of hydrogen-bond donors (Lipinski definition) is 1. The van der Waals surface area contributed by atoms with E-state index in [0.717, 1.165) is 10.6 Å². The van der Waals surface area contributed by atoms with Crippen LogP contribution in [0.4, 0.5) is 5.69 Å². The van der Waals surface area contributed by atoms with Crippen molar-refractivity contribution < 1.29 is 9.53 Å². The molecule has 0 heterocycles. The first kappa shape index (κ1) is 19.4. The van der Waals surface area contributed by atoms with E-state index in [9.17, 15) is 4.79 Å². The number of ether oxygens (including phenoxy) is 1. The molecule has 1 N–H and O–H groups in total. The van der Waals surface area contributed by atoms with Crippen LogP contribution in [0.5, 0.6) is 5.75 Å². The molecule has 0 spiro atoms. The Morgan fingerprint density at radius 2 is 1.76 bits per heavy atom. The van der Waals surface area contributed by atoms with Gasteiger partial charge < -0.3 is 10.1 Å². The van der Waals surface area contributed by atoms with Crippen molar-refractivity contribution in [3.05, 3.63) is 54.1 Å². The summed E-state index contributed by atoms with van der Waals surface area (Å²) in [5.74, 6) is 0.594. The highest BCUT2D eigenvalue weighted by Crippen LogP contribution is 2.26. The Labute approximate surface area is 155 Å². The Morgan fingerprint density at radius 3 is 2.32 bits per heavy atom. The molecule has 3 nitrogen and oxygen atoms in total. The van der Waals surface area contributed by atoms with Crippen molar-refractivity contribution in [2.45, 2.75) is 50.5 Å². The number of rotatable bonds is 6. The summed E-state index contributed by atoms with van der Waals surface area (Å²) in [4.78, 5) is 13.6. The fourth-order valence-corrected chi connectivity index (χ4v) is 3.03. The number of amides is 1. The second-order valence-corrected chi connectivity index (χ2v) is 7.83. The lowest BCUT2D eigenvalue weighted by atomic mass is 9.87. The molecule has 0 fully saturated rings. The molecular weight excluding hydrogens is 330 g/mol. The minimum Gasteiger partial charge on any atom is -0.481 e. The first-order chi connectivity index (χ1) is 11.8. The quantitative estimate of drug-likeness (QED) is 0.694. The standard InChI is InChI=1S/C21H27NO2S/c1-6-18(20(23)22-17-9-7-8-10-19(17)25-5)24-16-13-11-15(12-14-16)21(2,3)4/h7-14,18H,6H2,1-5H3,(H,22,23)/t18-/m0/s1. The van der Waals surface area contributed by atoms with Crippen molar-refractivity contribution in [3.8, 4) is 5.75 Å². The van der Waals surface area contributed by atoms with Crippen LogP contribution in [-0.4, -0.2) is 18.3 Å². The highest BCUT2D eigenvalue weighted by Gasteiger charge is 2.20. The second kappa shape index (κ2) is 8.43. The molecule has 0 aliphatic rings. The third-order valence-electron chi connectivity index (χ3n) is 4.03. The van der Waals surface area contributed by atoms with Crippen LogP contribution in [0.15, 0.2) is 53.4 Å². The Hall–Kier alpha value is -1.94. The molecule has 0 saturated heterocycles. The van der Waals surface area contributed by atoms with E-state index in [4.69, 9.17) is 4.74 Å². The molecule has 1 atom stereocenters. The first-order valence-corrected chi connectivity index (χ1v) is 9.78. The lowest BCUT2D eigenvalue weighted by Gasteiger charge is -2.21. The lowest BCUT2D eigenvalue weighted by molar-refractivity contribution is -0.122. The van der Waals surface area contributed by atoms with Gasteiger partial charge in [0.2, 0.25) is 0 Å². The van der Waals surface area contributed by atoms with Gasteiger partial charge in [0.15, 0.2) is 6.10 Å². The van der Waals surface area contributed by atoms with Gasteiger partial charge in [-0.15, -0.1) is 11.8 Å². The van der Waals surface area contributed by atoms with Crippen LogP contribution < -0.4 is 10.1 Å². The smallest absolute Gasteiger partial charge is 0.265 e. The molecule has 0 aliphatic carbocycles. The maximum atomic E-state index is 12.6. The number of anilines is 1. The zero-order valence-corrected chi connectivity index (χ0v) is 16.4. The molecule has 25 heavy (non-hydrogen) atoms. The predicted octanol–water partition coefficient (Wildman–Crippen LogP) is 5.50. The van der Waals surface area contributed by atoms with E-state index in [1.54, 1.807) is 11.8 Å². The van der Waals surface area contributed by atoms with Crippen LogP contribution in [0.2, 0.25) is 0 Å². The van der Waals surface area contributed by atoms with Crippen LogP contribution in [0.1, 0.15) is 39.7 Å². The second-order valence-electron chi connectivity index (χ2n) is 6.98. The lowest BCUT2D eigenvalue weighted by Crippen LogP contribution is -2.32. The zero-order valence-electron chi connectivity index (χ0n) is 15.6. The van der Waals surface area contributed by atoms with E-state index in [1.807, 2.05) is 49.6 Å². The molecule has 0 saturated carbocycles. The van der Waals surface area contributed by atoms with Crippen molar-refractivity contribution in [1.82, 2.24) is 0 Å². The highest BCUT2D eigenvalue weighted by atomic mass is 32.2. The van der Waals surface area contributed by atoms with E-state index in [0.29, 0.717) is 12.2 Å². The van der Waals surface area contributed by atoms with E-state index in [-0.39, 0.29) is 11.3 Å². The number of nitrogens with one attached hydrogen (secondary N) is 1. The summed E-state index contributed by atoms with van der Waals surface area (Å²) in [5.41, 5.74) is 2.16. The number of benzene rings is 2. The maximum Gasteiger partial charge on any atom is 0.265 e. The van der Waals surface area contributed by atoms with Gasteiger partial charge in [0.1, 0.15) is 5.75 Å². The molecule has 2 aromatic carbocycles. The fraction of sp³-hybridized carbons (Fsp3) is 0.381. The van der Waals surface area contributed by atoms with Crippen LogP contribution in [0.25, 0.3) is 0 Å². The molecule has 1 amide bonds. The molecule has 134 valence electrons. The van der Waals surface area contributed by atoms with Gasteiger partial charge in [0, 0.05) is 4.90 Å². The number of carbonyl (C=O) groups excluding carboxylic acids is 1. The summed E-state index contributed by atoms with van der Waals surface area (Å²) in [6, 6.07) is 15.8. The normalized spacial score (nSPS) is 12.5. The van der Waals surface area contributed by atoms with E-state index in [1.165, 1.54) is 5.56 Å². The van der Waals surface area contributed by atoms with Gasteiger partial charge in [0.25, 0.3) is 5.91 Å². The van der Waals surface area contributed by atoms with Crippen molar-refractivity contribution in [2.75, 3.05) is 11.6 Å². The van der Waals surface area contributed by atoms with Crippen LogP contribution in [-0.2, 0) is 10.2 Å². The van der Waals surface area contributed by atoms with Gasteiger partial charge in [-0.3, -0.25) is 4.79 Å². The maximum absolute atomic E-state index is 12.6. The zero-order chi connectivity index (χ0) is 18.4. The van der Waals surface area contributed by atoms with Crippen molar-refractivity contribution in [3.63, 3.8) is 0 Å². The average molecular weight is 358 g/mol. The highest BCUT2D eigenvalue weighted by molar-refractivity contribution is 7.98. The van der Waals surface area contributed by atoms with Crippen LogP contribution in [0, 0.1) is 0 Å². The number of hydrogen-bond acceptors (Lipinski definition) is 3. The Kier molecular flexibility index (Phi) is 6.54. The molecule has 2 rings (SSSR count). The molecule has 4 heteroatoms. The van der Waals surface area contributed by atoms with E-state index >= 15 is 0 Å². The predicted molar refractivity (Wildman–Crippen MR) is 107 cm³/mol. The minimum absolute atomic E-state index is 0.0988. The molecule has 0 aliphatic heterocycles. The molecule has 0 aromatic heterocycles. The summed E-state index contributed by atoms with van der Waals surface area (Å²) in [6.45, 7) is 8.48. The molecule has 0 radical (unpaired) electrons. The first-order valence-electron chi connectivity index (χ1n) is 8.56. The van der Waals surface area contributed by atoms with Gasteiger partial charge in [-0.1, -0.05) is 52.0 Å². The van der Waals surface area contributed by atoms with Gasteiger partial charge in [-0.25, -0.2) is 0 Å². The van der Waals surface area contributed by atoms with Crippen LogP contribution >= 0.6 is 11.8 Å². The van der Waals surface area contributed by atoms with Gasteiger partial charge in [0.05, 0.1) is 5.69 Å². The third kappa shape index (κ3) is 5.27. The minimum atomic E-state index is -0.518. The van der Waals surface area contributed by atoms with Gasteiger partial charge in [-0.05, 0) is 47.9 Å². The molecule has 2 aromatic rings. The van der Waals surface area contributed by atoms with E-state index < -0.39 is 6.10 Å². The van der Waals surface area contributed by atoms with Crippen molar-refractivity contribution >= 4 is 23.4 Å². The van der Waals surface area contributed by atoms with E-state index in [2.05, 4.69) is 38.2 Å². The van der Waals surface area contributed by atoms with Crippen molar-refractivity contribution in [1.29, 1.82) is 0 Å². The summed E-state index contributed by atoms with van der Waals surface area (Å²) < 4.78 is 5.92. The van der Waals surface area contributed by atoms with Gasteiger partial charge >= 0.3 is 0 Å². The summed E-state index contributed by atoms with van der Waals surface area (Å²) in [6.07, 6.45) is 2.08. The summed E-state index contributed by atoms with van der Waals surface area (Å²) in [7, 11) is 0. The summed E-state index contributed by atoms with van der Waals surface area (Å²) in [5, 5.41) is 2.98. The number of para-hydroxylation sites is 1. The monoisotopic (exact) mass is 357 g/mol. The molecular formula is C21H27NO2S. The Balaban J connectivity index is 2.07. The Morgan fingerprint density at radius 1 is 1.12 bits per heavy atom. The van der Waals surface area contributed by atoms with Gasteiger partial charge in [-0.2, -0.15) is 0 Å². The number of carbonyl (C=O) groups is 1. The SMILES string of the molecule is CC[C@H](Oc1ccc(C(C)(C)C)cc1)C(=O)Nc1ccccc1SC. The average Bonchev–Trinajstić information content (AvgIpc) is 2.59. The summed E-state index contributed by atoms with van der Waals surface area (Å²) >= 11 is 1.61. The Bertz CT molecular complexity index is 705. The fourth-order valence-electron chi connectivity index (χ4n) is 2.48.